The zero-order valence-corrected chi connectivity index (χ0v) is 12.0. The van der Waals surface area contributed by atoms with Crippen molar-refractivity contribution < 1.29 is 4.79 Å². The van der Waals surface area contributed by atoms with Gasteiger partial charge in [0.05, 0.1) is 6.04 Å². The van der Waals surface area contributed by atoms with Crippen molar-refractivity contribution in [3.05, 3.63) is 39.8 Å². The zero-order chi connectivity index (χ0) is 14.0. The maximum atomic E-state index is 11.3. The van der Waals surface area contributed by atoms with Gasteiger partial charge < -0.3 is 11.1 Å². The van der Waals surface area contributed by atoms with E-state index < -0.39 is 0 Å². The Balaban J connectivity index is 2.15. The highest BCUT2D eigenvalue weighted by Crippen LogP contribution is 2.25. The van der Waals surface area contributed by atoms with E-state index in [2.05, 4.69) is 10.3 Å². The van der Waals surface area contributed by atoms with Crippen LogP contribution >= 0.6 is 11.3 Å². The third-order valence-electron chi connectivity index (χ3n) is 2.82. The summed E-state index contributed by atoms with van der Waals surface area (Å²) >= 11 is 1.63. The summed E-state index contributed by atoms with van der Waals surface area (Å²) in [5, 5.41) is 6.40. The molecule has 1 heterocycles. The van der Waals surface area contributed by atoms with E-state index in [-0.39, 0.29) is 11.8 Å². The van der Waals surface area contributed by atoms with Gasteiger partial charge in [0.15, 0.2) is 5.78 Å². The van der Waals surface area contributed by atoms with Gasteiger partial charge in [0.25, 0.3) is 0 Å². The predicted molar refractivity (Wildman–Crippen MR) is 79.7 cm³/mol. The van der Waals surface area contributed by atoms with Crippen LogP contribution in [0.2, 0.25) is 0 Å². The van der Waals surface area contributed by atoms with Crippen LogP contribution in [0.5, 0.6) is 0 Å². The number of carbonyl (C=O) groups excluding carboxylic acids is 1. The highest BCUT2D eigenvalue weighted by molar-refractivity contribution is 7.09. The molecule has 1 aromatic heterocycles. The third kappa shape index (κ3) is 3.12. The summed E-state index contributed by atoms with van der Waals surface area (Å²) in [5.74, 6) is -0.0207. The summed E-state index contributed by atoms with van der Waals surface area (Å²) < 4.78 is 0. The molecular formula is C14H17N3OS. The normalized spacial score (nSPS) is 12.2. The summed E-state index contributed by atoms with van der Waals surface area (Å²) in [6, 6.07) is 5.51. The number of nitrogens with one attached hydrogen (secondary N) is 1. The molecule has 0 fully saturated rings. The SMILES string of the molecule is CC(=O)c1ccc(NC(C)c2nc(C)cs2)cc1N. The molecule has 0 saturated carbocycles. The monoisotopic (exact) mass is 275 g/mol. The van der Waals surface area contributed by atoms with Gasteiger partial charge in [0, 0.05) is 28.0 Å². The molecule has 1 aromatic carbocycles. The van der Waals surface area contributed by atoms with Crippen molar-refractivity contribution in [1.29, 1.82) is 0 Å². The van der Waals surface area contributed by atoms with E-state index in [0.717, 1.165) is 16.4 Å². The van der Waals surface area contributed by atoms with Crippen LogP contribution in [0.3, 0.4) is 0 Å². The van der Waals surface area contributed by atoms with Gasteiger partial charge in [0.2, 0.25) is 0 Å². The van der Waals surface area contributed by atoms with Gasteiger partial charge in [-0.2, -0.15) is 0 Å². The van der Waals surface area contributed by atoms with Crippen LogP contribution in [-0.2, 0) is 0 Å². The van der Waals surface area contributed by atoms with E-state index in [0.29, 0.717) is 11.3 Å². The maximum Gasteiger partial charge on any atom is 0.161 e. The number of hydrogen-bond acceptors (Lipinski definition) is 5. The van der Waals surface area contributed by atoms with Crippen molar-refractivity contribution in [1.82, 2.24) is 4.98 Å². The maximum absolute atomic E-state index is 11.3. The quantitative estimate of drug-likeness (QED) is 0.663. The number of rotatable bonds is 4. The largest absolute Gasteiger partial charge is 0.398 e. The van der Waals surface area contributed by atoms with Crippen LogP contribution in [0.25, 0.3) is 0 Å². The number of aryl methyl sites for hydroxylation is 1. The Kier molecular flexibility index (Phi) is 3.85. The van der Waals surface area contributed by atoms with Crippen molar-refractivity contribution in [2.45, 2.75) is 26.8 Å². The van der Waals surface area contributed by atoms with Crippen LogP contribution < -0.4 is 11.1 Å². The van der Waals surface area contributed by atoms with Crippen molar-refractivity contribution in [2.75, 3.05) is 11.1 Å². The van der Waals surface area contributed by atoms with E-state index in [4.69, 9.17) is 5.73 Å². The lowest BCUT2D eigenvalue weighted by Gasteiger charge is -2.14. The van der Waals surface area contributed by atoms with E-state index in [1.54, 1.807) is 23.5 Å². The first-order valence-electron chi connectivity index (χ1n) is 6.06. The molecule has 100 valence electrons. The first-order chi connectivity index (χ1) is 8.97. The topological polar surface area (TPSA) is 68.0 Å². The minimum Gasteiger partial charge on any atom is -0.398 e. The highest BCUT2D eigenvalue weighted by atomic mass is 32.1. The summed E-state index contributed by atoms with van der Waals surface area (Å²) in [5.41, 5.74) is 8.84. The van der Waals surface area contributed by atoms with Crippen molar-refractivity contribution in [2.24, 2.45) is 0 Å². The second-order valence-electron chi connectivity index (χ2n) is 4.55. The molecule has 5 heteroatoms. The number of thiazole rings is 1. The molecule has 1 unspecified atom stereocenters. The van der Waals surface area contributed by atoms with Gasteiger partial charge in [-0.1, -0.05) is 0 Å². The van der Waals surface area contributed by atoms with Crippen molar-refractivity contribution >= 4 is 28.5 Å². The number of aromatic nitrogens is 1. The minimum absolute atomic E-state index is 0.0207. The smallest absolute Gasteiger partial charge is 0.161 e. The fourth-order valence-corrected chi connectivity index (χ4v) is 2.66. The fraction of sp³-hybridized carbons (Fsp3) is 0.286. The summed E-state index contributed by atoms with van der Waals surface area (Å²) in [6.07, 6.45) is 0. The average Bonchev–Trinajstić information content (AvgIpc) is 2.75. The van der Waals surface area contributed by atoms with Crippen molar-refractivity contribution in [3.8, 4) is 0 Å². The Morgan fingerprint density at radius 3 is 2.74 bits per heavy atom. The Morgan fingerprint density at radius 1 is 1.47 bits per heavy atom. The van der Waals surface area contributed by atoms with Gasteiger partial charge in [-0.25, -0.2) is 4.98 Å². The van der Waals surface area contributed by atoms with Crippen LogP contribution in [0.4, 0.5) is 11.4 Å². The Morgan fingerprint density at radius 2 is 2.21 bits per heavy atom. The second-order valence-corrected chi connectivity index (χ2v) is 5.44. The number of nitrogen functional groups attached to an aromatic ring is 1. The molecule has 0 bridgehead atoms. The van der Waals surface area contributed by atoms with E-state index in [9.17, 15) is 4.79 Å². The first-order valence-corrected chi connectivity index (χ1v) is 6.94. The number of Topliss-reactive ketones (excluding diaryl/α,β-unsaturated/α-hetero) is 1. The molecule has 0 spiro atoms. The molecule has 0 radical (unpaired) electrons. The average molecular weight is 275 g/mol. The molecule has 3 N–H and O–H groups in total. The number of nitrogens with zero attached hydrogens (tertiary/aromatic N) is 1. The molecule has 2 rings (SSSR count). The lowest BCUT2D eigenvalue weighted by atomic mass is 10.1. The predicted octanol–water partition coefficient (Wildman–Crippen LogP) is 3.41. The molecule has 0 aliphatic heterocycles. The first kappa shape index (κ1) is 13.5. The van der Waals surface area contributed by atoms with E-state index >= 15 is 0 Å². The van der Waals surface area contributed by atoms with E-state index in [1.807, 2.05) is 25.3 Å². The third-order valence-corrected chi connectivity index (χ3v) is 3.97. The van der Waals surface area contributed by atoms with Crippen LogP contribution in [-0.4, -0.2) is 10.8 Å². The van der Waals surface area contributed by atoms with Crippen LogP contribution in [0.1, 0.15) is 40.9 Å². The highest BCUT2D eigenvalue weighted by Gasteiger charge is 2.11. The molecular weight excluding hydrogens is 258 g/mol. The lowest BCUT2D eigenvalue weighted by Crippen LogP contribution is -2.07. The number of ketones is 1. The molecule has 0 aliphatic rings. The molecule has 19 heavy (non-hydrogen) atoms. The number of carbonyl (C=O) groups is 1. The number of hydrogen-bond donors (Lipinski definition) is 2. The Hall–Kier alpha value is -1.88. The zero-order valence-electron chi connectivity index (χ0n) is 11.2. The summed E-state index contributed by atoms with van der Waals surface area (Å²) in [7, 11) is 0. The van der Waals surface area contributed by atoms with Crippen LogP contribution in [0, 0.1) is 6.92 Å². The Labute approximate surface area is 116 Å². The van der Waals surface area contributed by atoms with Crippen LogP contribution in [0.15, 0.2) is 23.6 Å². The Bertz CT molecular complexity index is 606. The number of benzene rings is 1. The summed E-state index contributed by atoms with van der Waals surface area (Å²) in [4.78, 5) is 15.8. The van der Waals surface area contributed by atoms with Crippen molar-refractivity contribution in [3.63, 3.8) is 0 Å². The number of nitrogens with two attached hydrogens (primary N) is 1. The number of anilines is 2. The second kappa shape index (κ2) is 5.40. The van der Waals surface area contributed by atoms with Gasteiger partial charge in [0.1, 0.15) is 5.01 Å². The molecule has 0 saturated heterocycles. The molecule has 4 nitrogen and oxygen atoms in total. The lowest BCUT2D eigenvalue weighted by molar-refractivity contribution is 0.101. The van der Waals surface area contributed by atoms with Gasteiger partial charge >= 0.3 is 0 Å². The molecule has 2 aromatic rings. The molecule has 1 atom stereocenters. The van der Waals surface area contributed by atoms with Gasteiger partial charge in [-0.3, -0.25) is 4.79 Å². The fourth-order valence-electron chi connectivity index (χ4n) is 1.86. The molecule has 0 amide bonds. The van der Waals surface area contributed by atoms with E-state index in [1.165, 1.54) is 6.92 Å². The standard InChI is InChI=1S/C14H17N3OS/c1-8-7-19-14(16-8)9(2)17-11-4-5-12(10(3)18)13(15)6-11/h4-7,9,17H,15H2,1-3H3. The van der Waals surface area contributed by atoms with Gasteiger partial charge in [-0.05, 0) is 39.0 Å². The summed E-state index contributed by atoms with van der Waals surface area (Å²) in [6.45, 7) is 5.54. The minimum atomic E-state index is -0.0207. The van der Waals surface area contributed by atoms with Gasteiger partial charge in [-0.15, -0.1) is 11.3 Å². The molecule has 0 aliphatic carbocycles.